The predicted molar refractivity (Wildman–Crippen MR) is 133 cm³/mol. The van der Waals surface area contributed by atoms with E-state index in [0.29, 0.717) is 49.7 Å². The van der Waals surface area contributed by atoms with E-state index in [1.165, 1.54) is 13.1 Å². The van der Waals surface area contributed by atoms with Gasteiger partial charge in [-0.25, -0.2) is 0 Å². The lowest BCUT2D eigenvalue weighted by Crippen LogP contribution is -2.49. The summed E-state index contributed by atoms with van der Waals surface area (Å²) in [7, 11) is 1.51. The van der Waals surface area contributed by atoms with Crippen LogP contribution in [0.3, 0.4) is 0 Å². The van der Waals surface area contributed by atoms with Crippen LogP contribution in [0.15, 0.2) is 36.4 Å². The number of hydroxylamine groups is 1. The molecule has 2 heterocycles. The number of hydrogen-bond donors (Lipinski definition) is 1. The van der Waals surface area contributed by atoms with Crippen LogP contribution in [0.25, 0.3) is 0 Å². The van der Waals surface area contributed by atoms with Gasteiger partial charge in [0.05, 0.1) is 22.0 Å². The van der Waals surface area contributed by atoms with E-state index in [9.17, 15) is 23.2 Å². The lowest BCUT2D eigenvalue weighted by Gasteiger charge is -2.37. The third kappa shape index (κ3) is 6.07. The Balaban J connectivity index is 1.51. The second-order valence-electron chi connectivity index (χ2n) is 9.33. The van der Waals surface area contributed by atoms with Crippen molar-refractivity contribution in [3.8, 4) is 0 Å². The highest BCUT2D eigenvalue weighted by molar-refractivity contribution is 6.33. The van der Waals surface area contributed by atoms with Crippen molar-refractivity contribution in [3.63, 3.8) is 0 Å². The standard InChI is InChI=1S/C26H31ClF3N3O3/c1-31(35)20-6-7-21(18-4-2-3-14-36-15-9-18)22(17-20)25(34)33-12-10-32(11-13-33)24-8-5-19(16-23(24)27)26(28,29)30/h5-8,16-18,35H,2-4,9-15H2,1H3. The summed E-state index contributed by atoms with van der Waals surface area (Å²) >= 11 is 6.18. The maximum atomic E-state index is 13.7. The van der Waals surface area contributed by atoms with Crippen molar-refractivity contribution in [1.82, 2.24) is 4.90 Å². The zero-order valence-corrected chi connectivity index (χ0v) is 21.0. The number of piperazine rings is 1. The number of ether oxygens (including phenoxy) is 1. The minimum atomic E-state index is -4.45. The van der Waals surface area contributed by atoms with Crippen molar-refractivity contribution >= 4 is 28.9 Å². The molecule has 0 aromatic heterocycles. The Kier molecular flexibility index (Phi) is 8.32. The van der Waals surface area contributed by atoms with Crippen LogP contribution in [0, 0.1) is 0 Å². The smallest absolute Gasteiger partial charge is 0.381 e. The van der Waals surface area contributed by atoms with Crippen molar-refractivity contribution in [1.29, 1.82) is 0 Å². The number of carbonyl (C=O) groups is 1. The first-order chi connectivity index (χ1) is 17.1. The average molecular weight is 526 g/mol. The zero-order valence-electron chi connectivity index (χ0n) is 20.2. The topological polar surface area (TPSA) is 56.3 Å². The van der Waals surface area contributed by atoms with Crippen molar-refractivity contribution in [2.45, 2.75) is 37.8 Å². The minimum absolute atomic E-state index is 0.0390. The minimum Gasteiger partial charge on any atom is -0.381 e. The lowest BCUT2D eigenvalue weighted by atomic mass is 9.86. The van der Waals surface area contributed by atoms with Crippen LogP contribution in [-0.2, 0) is 10.9 Å². The third-order valence-corrected chi connectivity index (χ3v) is 7.27. The number of halogens is 4. The van der Waals surface area contributed by atoms with Gasteiger partial charge in [-0.3, -0.25) is 15.1 Å². The molecule has 0 bridgehead atoms. The largest absolute Gasteiger partial charge is 0.416 e. The van der Waals surface area contributed by atoms with Crippen LogP contribution in [0.1, 0.15) is 53.1 Å². The van der Waals surface area contributed by atoms with Crippen molar-refractivity contribution in [2.24, 2.45) is 0 Å². The number of carbonyl (C=O) groups excluding carboxylic acids is 1. The Labute approximate surface area is 214 Å². The molecule has 2 fully saturated rings. The molecule has 2 saturated heterocycles. The molecule has 1 unspecified atom stereocenters. The molecule has 36 heavy (non-hydrogen) atoms. The Morgan fingerprint density at radius 3 is 2.47 bits per heavy atom. The number of hydrogen-bond acceptors (Lipinski definition) is 5. The number of nitrogens with zero attached hydrogens (tertiary/aromatic N) is 3. The first kappa shape index (κ1) is 26.6. The fraction of sp³-hybridized carbons (Fsp3) is 0.500. The van der Waals surface area contributed by atoms with Crippen molar-refractivity contribution < 1.29 is 27.9 Å². The molecular weight excluding hydrogens is 495 g/mol. The van der Waals surface area contributed by atoms with Gasteiger partial charge in [0.25, 0.3) is 5.91 Å². The van der Waals surface area contributed by atoms with E-state index < -0.39 is 11.7 Å². The van der Waals surface area contributed by atoms with E-state index in [1.54, 1.807) is 11.0 Å². The van der Waals surface area contributed by atoms with E-state index in [2.05, 4.69) is 0 Å². The number of alkyl halides is 3. The summed E-state index contributed by atoms with van der Waals surface area (Å²) in [6.45, 7) is 3.11. The Bertz CT molecular complexity index is 1060. The van der Waals surface area contributed by atoms with Gasteiger partial charge in [-0.15, -0.1) is 0 Å². The second-order valence-corrected chi connectivity index (χ2v) is 9.74. The number of amides is 1. The van der Waals surface area contributed by atoms with Crippen LogP contribution >= 0.6 is 11.6 Å². The summed E-state index contributed by atoms with van der Waals surface area (Å²) in [5, 5.41) is 11.0. The second kappa shape index (κ2) is 11.3. The van der Waals surface area contributed by atoms with E-state index in [1.807, 2.05) is 17.0 Å². The van der Waals surface area contributed by atoms with Gasteiger partial charge in [0.15, 0.2) is 0 Å². The molecular formula is C26H31ClF3N3O3. The molecule has 0 radical (unpaired) electrons. The SMILES string of the molecule is CN(O)c1ccc(C2CCCCOCC2)c(C(=O)N2CCN(c3ccc(C(F)(F)F)cc3Cl)CC2)c1. The molecule has 1 amide bonds. The summed E-state index contributed by atoms with van der Waals surface area (Å²) in [5.41, 5.74) is 1.80. The van der Waals surface area contributed by atoms with Gasteiger partial charge in [-0.2, -0.15) is 13.2 Å². The van der Waals surface area contributed by atoms with Gasteiger partial charge in [-0.1, -0.05) is 24.1 Å². The van der Waals surface area contributed by atoms with Crippen LogP contribution in [0.2, 0.25) is 5.02 Å². The maximum Gasteiger partial charge on any atom is 0.416 e. The van der Waals surface area contributed by atoms with Gasteiger partial charge in [0, 0.05) is 52.0 Å². The predicted octanol–water partition coefficient (Wildman–Crippen LogP) is 5.82. The highest BCUT2D eigenvalue weighted by Gasteiger charge is 2.32. The Morgan fingerprint density at radius 1 is 1.06 bits per heavy atom. The van der Waals surface area contributed by atoms with Crippen LogP contribution in [0.5, 0.6) is 0 Å². The lowest BCUT2D eigenvalue weighted by molar-refractivity contribution is -0.137. The zero-order chi connectivity index (χ0) is 25.9. The van der Waals surface area contributed by atoms with Gasteiger partial charge < -0.3 is 14.5 Å². The average Bonchev–Trinajstić information content (AvgIpc) is 2.83. The summed E-state index contributed by atoms with van der Waals surface area (Å²) in [4.78, 5) is 17.3. The van der Waals surface area contributed by atoms with Crippen molar-refractivity contribution in [3.05, 3.63) is 58.1 Å². The first-order valence-electron chi connectivity index (χ1n) is 12.2. The molecule has 2 aliphatic rings. The van der Waals surface area contributed by atoms with E-state index >= 15 is 0 Å². The maximum absolute atomic E-state index is 13.7. The van der Waals surface area contributed by atoms with Crippen LogP contribution < -0.4 is 9.96 Å². The molecule has 0 spiro atoms. The van der Waals surface area contributed by atoms with Gasteiger partial charge >= 0.3 is 6.18 Å². The van der Waals surface area contributed by atoms with Gasteiger partial charge in [0.1, 0.15) is 0 Å². The Morgan fingerprint density at radius 2 is 1.81 bits per heavy atom. The third-order valence-electron chi connectivity index (χ3n) is 6.97. The quantitative estimate of drug-likeness (QED) is 0.510. The van der Waals surface area contributed by atoms with E-state index in [0.717, 1.165) is 55.0 Å². The summed E-state index contributed by atoms with van der Waals surface area (Å²) in [6, 6.07) is 8.83. The highest BCUT2D eigenvalue weighted by Crippen LogP contribution is 2.36. The molecule has 2 aromatic rings. The molecule has 4 rings (SSSR count). The van der Waals surface area contributed by atoms with Gasteiger partial charge in [-0.05, 0) is 61.1 Å². The number of rotatable bonds is 4. The molecule has 1 atom stereocenters. The molecule has 196 valence electrons. The monoisotopic (exact) mass is 525 g/mol. The van der Waals surface area contributed by atoms with Crippen LogP contribution in [0.4, 0.5) is 24.5 Å². The first-order valence-corrected chi connectivity index (χ1v) is 12.6. The molecule has 2 aliphatic heterocycles. The molecule has 0 aliphatic carbocycles. The fourth-order valence-electron chi connectivity index (χ4n) is 4.93. The summed E-state index contributed by atoms with van der Waals surface area (Å²) in [5.74, 6) is 0.0735. The molecule has 1 N–H and O–H groups in total. The van der Waals surface area contributed by atoms with Crippen LogP contribution in [-0.4, -0.2) is 62.5 Å². The summed E-state index contributed by atoms with van der Waals surface area (Å²) in [6.07, 6.45) is -0.643. The number of benzene rings is 2. The molecule has 0 saturated carbocycles. The van der Waals surface area contributed by atoms with Gasteiger partial charge in [0.2, 0.25) is 0 Å². The molecule has 6 nitrogen and oxygen atoms in total. The molecule has 2 aromatic carbocycles. The molecule has 10 heteroatoms. The summed E-state index contributed by atoms with van der Waals surface area (Å²) < 4.78 is 44.6. The highest BCUT2D eigenvalue weighted by atomic mass is 35.5. The van der Waals surface area contributed by atoms with E-state index in [4.69, 9.17) is 16.3 Å². The number of anilines is 2. The normalized spacial score (nSPS) is 19.6. The van der Waals surface area contributed by atoms with Crippen molar-refractivity contribution in [2.75, 3.05) is 56.4 Å². The Hall–Kier alpha value is -2.49. The fourth-order valence-corrected chi connectivity index (χ4v) is 5.23. The van der Waals surface area contributed by atoms with E-state index in [-0.39, 0.29) is 16.8 Å².